The summed E-state index contributed by atoms with van der Waals surface area (Å²) in [6, 6.07) is 0. The van der Waals surface area contributed by atoms with Gasteiger partial charge in [-0.3, -0.25) is 28.8 Å². The number of carbonyl (C=O) groups is 6. The molecule has 6 heterocycles. The molecule has 0 aromatic heterocycles. The van der Waals surface area contributed by atoms with Crippen molar-refractivity contribution in [3.8, 4) is 0 Å². The maximum atomic E-state index is 12.9. The number of ether oxygens (including phenoxy) is 6. The molecule has 6 N–H and O–H groups in total. The van der Waals surface area contributed by atoms with E-state index in [9.17, 15) is 60.0 Å². The van der Waals surface area contributed by atoms with Crippen LogP contribution in [-0.4, -0.2) is 201 Å². The lowest BCUT2D eigenvalue weighted by Gasteiger charge is -2.51. The number of unbranched alkanes of at least 4 members (excludes halogenated alkanes) is 9. The summed E-state index contributed by atoms with van der Waals surface area (Å²) >= 11 is 0. The van der Waals surface area contributed by atoms with E-state index in [2.05, 4.69) is 0 Å². The van der Waals surface area contributed by atoms with Crippen molar-refractivity contribution in [3.05, 3.63) is 0 Å². The van der Waals surface area contributed by atoms with Crippen LogP contribution >= 0.6 is 0 Å². The molecule has 6 aliphatic rings. The SMILES string of the molecule is CC1(C)CC(OC(=O)CCC(=O)OC2CC(C)(C)N(O)C(C)(C)C2)CC(C)(C)N1O.CC1(C)CC(OC(=O)CCCCCCCCC(=O)OC2CC(C)(C)N(O)C(C)(C)C2)CC(C)(C)N1O.CCC(CCCCCCCC(=O)OC1CC(C)(C)N(O)C(C)(C)C1)C(=O)OC1CC(C)(C)N(O)C(C)(C)C1. The van der Waals surface area contributed by atoms with Crippen LogP contribution in [0.5, 0.6) is 0 Å². The van der Waals surface area contributed by atoms with E-state index in [1.54, 1.807) is 0 Å². The van der Waals surface area contributed by atoms with E-state index in [1.807, 2.05) is 173 Å². The van der Waals surface area contributed by atoms with Crippen LogP contribution in [0, 0.1) is 5.92 Å². The van der Waals surface area contributed by atoms with Crippen molar-refractivity contribution in [2.75, 3.05) is 0 Å². The molecule has 24 nitrogen and oxygen atoms in total. The fourth-order valence-corrected chi connectivity index (χ4v) is 18.2. The van der Waals surface area contributed by atoms with Gasteiger partial charge in [-0.1, -0.05) is 58.3 Å². The van der Waals surface area contributed by atoms with Crippen molar-refractivity contribution in [1.82, 2.24) is 30.4 Å². The highest BCUT2D eigenvalue weighted by atomic mass is 16.6. The first kappa shape index (κ1) is 92.7. The molecule has 0 amide bonds. The van der Waals surface area contributed by atoms with Gasteiger partial charge in [0.2, 0.25) is 0 Å². The Labute approximate surface area is 626 Å². The van der Waals surface area contributed by atoms with E-state index in [1.165, 1.54) is 30.4 Å². The van der Waals surface area contributed by atoms with Gasteiger partial charge in [-0.25, -0.2) is 0 Å². The van der Waals surface area contributed by atoms with E-state index in [-0.39, 0.29) is 79.3 Å². The first-order chi connectivity index (χ1) is 47.3. The molecular formula is C80H148N6O18. The lowest BCUT2D eigenvalue weighted by Crippen LogP contribution is -2.60. The van der Waals surface area contributed by atoms with Crippen LogP contribution in [0.3, 0.4) is 0 Å². The molecule has 6 fully saturated rings. The highest BCUT2D eigenvalue weighted by molar-refractivity contribution is 5.78. The van der Waals surface area contributed by atoms with Crippen LogP contribution in [0.25, 0.3) is 0 Å². The summed E-state index contributed by atoms with van der Waals surface area (Å²) in [5, 5.41) is 70.6. The quantitative estimate of drug-likeness (QED) is 0.0241. The lowest BCUT2D eigenvalue weighted by atomic mass is 9.80. The number of hydroxylamine groups is 12. The summed E-state index contributed by atoms with van der Waals surface area (Å²) in [7, 11) is 0. The first-order valence-electron chi connectivity index (χ1n) is 39.5. The molecule has 1 unspecified atom stereocenters. The summed E-state index contributed by atoms with van der Waals surface area (Å²) in [4.78, 5) is 74.6. The third-order valence-electron chi connectivity index (χ3n) is 22.7. The van der Waals surface area contributed by atoms with Gasteiger partial charge < -0.3 is 59.7 Å². The lowest BCUT2D eigenvalue weighted by molar-refractivity contribution is -0.260. The normalized spacial score (nSPS) is 25.2. The van der Waals surface area contributed by atoms with Gasteiger partial charge in [0.1, 0.15) is 36.6 Å². The van der Waals surface area contributed by atoms with Crippen LogP contribution in [0.2, 0.25) is 0 Å². The number of rotatable bonds is 28. The Morgan fingerprint density at radius 2 is 0.413 bits per heavy atom. The standard InChI is InChI=1S/C30H56N2O6.C28H52N2O6.C22H40N2O6/c1-10-22(26(34)38-24-20-29(6,7)32(36)30(8,9)21-24)16-14-12-11-13-15-17-25(33)37-23-18-27(2,3)31(35)28(4,5)19-23;1-25(2)17-21(18-26(3,4)29(25)33)35-23(31)15-13-11-9-10-12-14-16-24(32)36-22-19-27(5,6)30(34)28(7,8)20-22;1-19(2)11-15(12-20(3,4)23(19)27)29-17(25)9-10-18(26)30-16-13-21(5,6)24(28)22(7,8)14-16/h22-24,35-36H,10-21H2,1-9H3;21-22,33-34H,9-20H2,1-8H3;15-16,27-28H,9-14H2,1-8H3. The highest BCUT2D eigenvalue weighted by Gasteiger charge is 2.52. The van der Waals surface area contributed by atoms with Crippen LogP contribution in [0.4, 0.5) is 0 Å². The Bertz CT molecular complexity index is 2550. The Balaban J connectivity index is 0.000000333. The van der Waals surface area contributed by atoms with Crippen molar-refractivity contribution in [2.24, 2.45) is 5.92 Å². The second-order valence-corrected chi connectivity index (χ2v) is 39.2. The van der Waals surface area contributed by atoms with E-state index in [4.69, 9.17) is 28.4 Å². The average molecular weight is 1480 g/mol. The van der Waals surface area contributed by atoms with Crippen LogP contribution in [-0.2, 0) is 57.2 Å². The molecular weight excluding hydrogens is 1330 g/mol. The number of nitrogens with zero attached hydrogens (tertiary/aromatic N) is 6. The molecule has 0 aromatic rings. The molecule has 0 aliphatic carbocycles. The summed E-state index contributed by atoms with van der Waals surface area (Å²) in [6.45, 7) is 48.9. The number of piperidine rings is 6. The van der Waals surface area contributed by atoms with Gasteiger partial charge in [-0.05, 0) is 198 Å². The summed E-state index contributed by atoms with van der Waals surface area (Å²) in [5.41, 5.74) is -5.48. The number of esters is 6. The Hall–Kier alpha value is -3.66. The molecule has 104 heavy (non-hydrogen) atoms. The second-order valence-electron chi connectivity index (χ2n) is 39.2. The van der Waals surface area contributed by atoms with Crippen molar-refractivity contribution in [1.29, 1.82) is 0 Å². The molecule has 0 saturated carbocycles. The molecule has 1 atom stereocenters. The minimum Gasteiger partial charge on any atom is -0.462 e. The summed E-state index contributed by atoms with van der Waals surface area (Å²) in [5.74, 6) is -1.53. The van der Waals surface area contributed by atoms with E-state index >= 15 is 0 Å². The predicted octanol–water partition coefficient (Wildman–Crippen LogP) is 16.3. The zero-order valence-electron chi connectivity index (χ0n) is 69.5. The van der Waals surface area contributed by atoms with Gasteiger partial charge >= 0.3 is 35.8 Å². The van der Waals surface area contributed by atoms with Gasteiger partial charge in [0, 0.05) is 163 Å². The largest absolute Gasteiger partial charge is 0.462 e. The smallest absolute Gasteiger partial charge is 0.309 e. The molecule has 6 saturated heterocycles. The topological polar surface area (TPSA) is 299 Å². The molecule has 6 rings (SSSR count). The van der Waals surface area contributed by atoms with Gasteiger partial charge in [-0.15, -0.1) is 0 Å². The molecule has 606 valence electrons. The van der Waals surface area contributed by atoms with Crippen molar-refractivity contribution < 1.29 is 88.4 Å². The van der Waals surface area contributed by atoms with Gasteiger partial charge in [0.25, 0.3) is 0 Å². The fourth-order valence-electron chi connectivity index (χ4n) is 18.2. The molecule has 0 aromatic carbocycles. The van der Waals surface area contributed by atoms with E-state index in [0.717, 1.165) is 83.5 Å². The second kappa shape index (κ2) is 36.9. The number of hydrogen-bond donors (Lipinski definition) is 6. The maximum Gasteiger partial charge on any atom is 0.309 e. The van der Waals surface area contributed by atoms with Crippen molar-refractivity contribution in [3.63, 3.8) is 0 Å². The van der Waals surface area contributed by atoms with Crippen molar-refractivity contribution in [2.45, 2.75) is 469 Å². The minimum atomic E-state index is -0.507. The van der Waals surface area contributed by atoms with Gasteiger partial charge in [0.15, 0.2) is 0 Å². The molecule has 0 bridgehead atoms. The number of hydrogen-bond acceptors (Lipinski definition) is 24. The van der Waals surface area contributed by atoms with Crippen LogP contribution < -0.4 is 0 Å². The fraction of sp³-hybridized carbons (Fsp3) is 0.925. The first-order valence-corrected chi connectivity index (χ1v) is 39.5. The Kier molecular flexibility index (Phi) is 32.9. The average Bonchev–Trinajstić information content (AvgIpc) is 0.814. The highest BCUT2D eigenvalue weighted by Crippen LogP contribution is 2.44. The van der Waals surface area contributed by atoms with Gasteiger partial charge in [0.05, 0.1) is 18.8 Å². The third-order valence-corrected chi connectivity index (χ3v) is 22.7. The third kappa shape index (κ3) is 27.4. The van der Waals surface area contributed by atoms with Gasteiger partial charge in [-0.2, -0.15) is 30.4 Å². The summed E-state index contributed by atoms with van der Waals surface area (Å²) < 4.78 is 34.4. The molecule has 6 aliphatic heterocycles. The van der Waals surface area contributed by atoms with E-state index < -0.39 is 78.4 Å². The van der Waals surface area contributed by atoms with Crippen molar-refractivity contribution >= 4 is 35.8 Å². The Morgan fingerprint density at radius 3 is 0.596 bits per heavy atom. The maximum absolute atomic E-state index is 12.9. The molecule has 0 spiro atoms. The predicted molar refractivity (Wildman–Crippen MR) is 398 cm³/mol. The monoisotopic (exact) mass is 1480 g/mol. The zero-order chi connectivity index (χ0) is 79.4. The molecule has 24 heteroatoms. The Morgan fingerprint density at radius 1 is 0.260 bits per heavy atom. The zero-order valence-corrected chi connectivity index (χ0v) is 69.5. The van der Waals surface area contributed by atoms with Crippen LogP contribution in [0.1, 0.15) is 366 Å². The van der Waals surface area contributed by atoms with Crippen LogP contribution in [0.15, 0.2) is 0 Å². The minimum absolute atomic E-state index is 0.0370. The molecule has 0 radical (unpaired) electrons. The number of carbonyl (C=O) groups excluding carboxylic acids is 6. The summed E-state index contributed by atoms with van der Waals surface area (Å²) in [6.07, 6.45) is 18.9. The van der Waals surface area contributed by atoms with E-state index in [0.29, 0.717) is 96.3 Å².